The molecule has 0 saturated carbocycles. The zero-order chi connectivity index (χ0) is 9.26. The third kappa shape index (κ3) is 1.16. The van der Waals surface area contributed by atoms with E-state index in [9.17, 15) is 0 Å². The highest BCUT2D eigenvalue weighted by Gasteiger charge is 2.05. The van der Waals surface area contributed by atoms with E-state index >= 15 is 0 Å². The van der Waals surface area contributed by atoms with Crippen LogP contribution in [0.25, 0.3) is 11.0 Å². The highest BCUT2D eigenvalue weighted by Crippen LogP contribution is 2.17. The lowest BCUT2D eigenvalue weighted by Crippen LogP contribution is -1.81. The predicted octanol–water partition coefficient (Wildman–Crippen LogP) is 1.68. The fraction of sp³-hybridized carbons (Fsp3) is 0.111. The molecule has 0 aliphatic rings. The van der Waals surface area contributed by atoms with Gasteiger partial charge in [0.25, 0.3) is 0 Å². The van der Waals surface area contributed by atoms with E-state index < -0.39 is 0 Å². The first-order valence-corrected chi connectivity index (χ1v) is 3.93. The molecule has 2 aromatic rings. The Balaban J connectivity index is 2.78. The standard InChI is InChI=1S/C9H9N3O/c1-6-8(5-11-13)7-3-2-4-10-9(7)12-6/h2-5,13H,1H3,(H,10,12)/b11-5+. The Morgan fingerprint density at radius 3 is 3.23 bits per heavy atom. The van der Waals surface area contributed by atoms with Crippen molar-refractivity contribution in [2.75, 3.05) is 0 Å². The highest BCUT2D eigenvalue weighted by molar-refractivity contribution is 5.98. The van der Waals surface area contributed by atoms with Crippen molar-refractivity contribution in [3.8, 4) is 0 Å². The van der Waals surface area contributed by atoms with Gasteiger partial charge in [0, 0.05) is 22.8 Å². The molecule has 0 aliphatic heterocycles. The molecule has 0 aliphatic carbocycles. The van der Waals surface area contributed by atoms with E-state index in [-0.39, 0.29) is 0 Å². The molecule has 0 aromatic carbocycles. The Morgan fingerprint density at radius 1 is 1.62 bits per heavy atom. The minimum absolute atomic E-state index is 0.815. The molecule has 66 valence electrons. The Kier molecular flexibility index (Phi) is 1.73. The van der Waals surface area contributed by atoms with Crippen LogP contribution >= 0.6 is 0 Å². The lowest BCUT2D eigenvalue weighted by molar-refractivity contribution is 0.322. The number of hydrogen-bond acceptors (Lipinski definition) is 3. The molecule has 0 fully saturated rings. The van der Waals surface area contributed by atoms with Gasteiger partial charge in [0.1, 0.15) is 5.65 Å². The number of aryl methyl sites for hydroxylation is 1. The van der Waals surface area contributed by atoms with Gasteiger partial charge >= 0.3 is 0 Å². The Labute approximate surface area is 74.9 Å². The van der Waals surface area contributed by atoms with Crippen LogP contribution in [0.2, 0.25) is 0 Å². The molecular formula is C9H9N3O. The molecular weight excluding hydrogens is 166 g/mol. The van der Waals surface area contributed by atoms with Crippen molar-refractivity contribution in [2.45, 2.75) is 6.92 Å². The quantitative estimate of drug-likeness (QED) is 0.393. The third-order valence-corrected chi connectivity index (χ3v) is 1.99. The number of nitrogens with one attached hydrogen (secondary N) is 1. The smallest absolute Gasteiger partial charge is 0.138 e. The zero-order valence-electron chi connectivity index (χ0n) is 7.15. The minimum atomic E-state index is 0.815. The van der Waals surface area contributed by atoms with Crippen molar-refractivity contribution >= 4 is 17.2 Å². The molecule has 0 bridgehead atoms. The molecule has 2 heterocycles. The molecule has 0 saturated heterocycles. The number of nitrogens with zero attached hydrogens (tertiary/aromatic N) is 2. The average Bonchev–Trinajstić information content (AvgIpc) is 2.44. The average molecular weight is 175 g/mol. The van der Waals surface area contributed by atoms with Crippen LogP contribution in [0, 0.1) is 6.92 Å². The van der Waals surface area contributed by atoms with Gasteiger partial charge in [0.15, 0.2) is 0 Å². The molecule has 0 amide bonds. The highest BCUT2D eigenvalue weighted by atomic mass is 16.4. The molecule has 2 rings (SSSR count). The number of fused-ring (bicyclic) bond motifs is 1. The summed E-state index contributed by atoms with van der Waals surface area (Å²) in [7, 11) is 0. The van der Waals surface area contributed by atoms with Gasteiger partial charge in [-0.25, -0.2) is 4.98 Å². The summed E-state index contributed by atoms with van der Waals surface area (Å²) in [6.45, 7) is 1.92. The summed E-state index contributed by atoms with van der Waals surface area (Å²) < 4.78 is 0. The first-order chi connectivity index (χ1) is 6.33. The Bertz CT molecular complexity index is 459. The van der Waals surface area contributed by atoms with Gasteiger partial charge in [-0.3, -0.25) is 0 Å². The van der Waals surface area contributed by atoms with Crippen LogP contribution in [0.15, 0.2) is 23.5 Å². The summed E-state index contributed by atoms with van der Waals surface area (Å²) in [6, 6.07) is 3.78. The summed E-state index contributed by atoms with van der Waals surface area (Å²) in [5.41, 5.74) is 2.65. The summed E-state index contributed by atoms with van der Waals surface area (Å²) in [6.07, 6.45) is 3.13. The fourth-order valence-electron chi connectivity index (χ4n) is 1.39. The van der Waals surface area contributed by atoms with Crippen molar-refractivity contribution in [3.05, 3.63) is 29.6 Å². The van der Waals surface area contributed by atoms with E-state index in [1.807, 2.05) is 19.1 Å². The normalized spacial score (nSPS) is 11.5. The van der Waals surface area contributed by atoms with Crippen LogP contribution in [0.5, 0.6) is 0 Å². The number of oxime groups is 1. The molecule has 0 spiro atoms. The summed E-state index contributed by atoms with van der Waals surface area (Å²) in [4.78, 5) is 7.24. The van der Waals surface area contributed by atoms with Crippen molar-refractivity contribution < 1.29 is 5.21 Å². The number of pyridine rings is 1. The van der Waals surface area contributed by atoms with E-state index in [4.69, 9.17) is 5.21 Å². The minimum Gasteiger partial charge on any atom is -0.411 e. The lowest BCUT2D eigenvalue weighted by Gasteiger charge is -1.88. The Hall–Kier alpha value is -1.84. The molecule has 4 heteroatoms. The third-order valence-electron chi connectivity index (χ3n) is 1.99. The molecule has 0 radical (unpaired) electrons. The number of hydrogen-bond donors (Lipinski definition) is 2. The van der Waals surface area contributed by atoms with E-state index in [1.165, 1.54) is 6.21 Å². The largest absolute Gasteiger partial charge is 0.411 e. The number of rotatable bonds is 1. The molecule has 0 unspecified atom stereocenters. The van der Waals surface area contributed by atoms with Crippen molar-refractivity contribution in [3.63, 3.8) is 0 Å². The van der Waals surface area contributed by atoms with E-state index in [1.54, 1.807) is 6.20 Å². The van der Waals surface area contributed by atoms with E-state index in [2.05, 4.69) is 15.1 Å². The second-order valence-corrected chi connectivity index (χ2v) is 2.81. The lowest BCUT2D eigenvalue weighted by atomic mass is 10.2. The molecule has 2 aromatic heterocycles. The van der Waals surface area contributed by atoms with Crippen LogP contribution in [0.1, 0.15) is 11.3 Å². The molecule has 13 heavy (non-hydrogen) atoms. The number of H-pyrrole nitrogens is 1. The van der Waals surface area contributed by atoms with Crippen LogP contribution in [0.4, 0.5) is 0 Å². The fourth-order valence-corrected chi connectivity index (χ4v) is 1.39. The first kappa shape index (κ1) is 7.79. The predicted molar refractivity (Wildman–Crippen MR) is 50.2 cm³/mol. The van der Waals surface area contributed by atoms with Crippen molar-refractivity contribution in [1.82, 2.24) is 9.97 Å². The van der Waals surface area contributed by atoms with Crippen molar-refractivity contribution in [2.24, 2.45) is 5.16 Å². The molecule has 4 nitrogen and oxygen atoms in total. The van der Waals surface area contributed by atoms with Gasteiger partial charge in [-0.2, -0.15) is 0 Å². The van der Waals surface area contributed by atoms with Crippen LogP contribution < -0.4 is 0 Å². The summed E-state index contributed by atoms with van der Waals surface area (Å²) >= 11 is 0. The number of aromatic amines is 1. The van der Waals surface area contributed by atoms with Crippen LogP contribution in [-0.2, 0) is 0 Å². The van der Waals surface area contributed by atoms with Gasteiger partial charge in [-0.15, -0.1) is 0 Å². The Morgan fingerprint density at radius 2 is 2.46 bits per heavy atom. The van der Waals surface area contributed by atoms with E-state index in [0.717, 1.165) is 22.3 Å². The van der Waals surface area contributed by atoms with Crippen LogP contribution in [0.3, 0.4) is 0 Å². The zero-order valence-corrected chi connectivity index (χ0v) is 7.15. The topological polar surface area (TPSA) is 61.3 Å². The van der Waals surface area contributed by atoms with Gasteiger partial charge in [0.2, 0.25) is 0 Å². The van der Waals surface area contributed by atoms with Crippen LogP contribution in [-0.4, -0.2) is 21.4 Å². The maximum Gasteiger partial charge on any atom is 0.138 e. The maximum absolute atomic E-state index is 8.46. The van der Waals surface area contributed by atoms with Gasteiger partial charge in [-0.05, 0) is 19.1 Å². The van der Waals surface area contributed by atoms with Gasteiger partial charge < -0.3 is 10.2 Å². The second kappa shape index (κ2) is 2.90. The first-order valence-electron chi connectivity index (χ1n) is 3.93. The monoisotopic (exact) mass is 175 g/mol. The van der Waals surface area contributed by atoms with Gasteiger partial charge in [0.05, 0.1) is 6.21 Å². The van der Waals surface area contributed by atoms with Gasteiger partial charge in [-0.1, -0.05) is 5.16 Å². The second-order valence-electron chi connectivity index (χ2n) is 2.81. The number of aromatic nitrogens is 2. The van der Waals surface area contributed by atoms with Crippen molar-refractivity contribution in [1.29, 1.82) is 0 Å². The molecule has 0 atom stereocenters. The summed E-state index contributed by atoms with van der Waals surface area (Å²) in [5.74, 6) is 0. The summed E-state index contributed by atoms with van der Waals surface area (Å²) in [5, 5.41) is 12.4. The molecule has 2 N–H and O–H groups in total. The van der Waals surface area contributed by atoms with E-state index in [0.29, 0.717) is 0 Å². The SMILES string of the molecule is Cc1[nH]c2ncccc2c1/C=N/O. The maximum atomic E-state index is 8.46.